The van der Waals surface area contributed by atoms with Crippen LogP contribution >= 0.6 is 0 Å². The maximum absolute atomic E-state index is 4.75. The lowest BCUT2D eigenvalue weighted by molar-refractivity contribution is 0.366. The monoisotopic (exact) mass is 244 g/mol. The van der Waals surface area contributed by atoms with E-state index >= 15 is 0 Å². The second-order valence-corrected chi connectivity index (χ2v) is 3.39. The number of ether oxygens (including phenoxy) is 1. The van der Waals surface area contributed by atoms with E-state index in [1.54, 1.807) is 0 Å². The molecule has 0 bridgehead atoms. The lowest BCUT2D eigenvalue weighted by atomic mass is 10.1. The van der Waals surface area contributed by atoms with Gasteiger partial charge in [-0.05, 0) is 12.5 Å². The molecule has 0 aliphatic heterocycles. The van der Waals surface area contributed by atoms with Gasteiger partial charge in [0.1, 0.15) is 0 Å². The molecule has 2 aromatic rings. The molecule has 0 spiro atoms. The van der Waals surface area contributed by atoms with E-state index in [4.69, 9.17) is 4.74 Å². The summed E-state index contributed by atoms with van der Waals surface area (Å²) in [5.74, 6) is 0.214. The van der Waals surface area contributed by atoms with Gasteiger partial charge in [-0.15, -0.1) is 10.2 Å². The number of anilines is 1. The molecule has 1 N–H and O–H groups in total. The average Bonchev–Trinajstić information content (AvgIpc) is 2.46. The Morgan fingerprint density at radius 2 is 1.78 bits per heavy atom. The summed E-state index contributed by atoms with van der Waals surface area (Å²) in [6.45, 7) is 1.88. The molecule has 18 heavy (non-hydrogen) atoms. The zero-order valence-corrected chi connectivity index (χ0v) is 10.0. The number of hydrogen-bond acceptors (Lipinski definition) is 7. The van der Waals surface area contributed by atoms with Crippen LogP contribution in [0.3, 0.4) is 0 Å². The molecule has 2 rings (SSSR count). The number of methoxy groups -OCH3 is 1. The van der Waals surface area contributed by atoms with Crippen LogP contribution in [-0.2, 0) is 0 Å². The first kappa shape index (κ1) is 11.9. The number of hydrogen-bond donors (Lipinski definition) is 1. The largest absolute Gasteiger partial charge is 0.465 e. The molecule has 0 atom stereocenters. The molecule has 1 aromatic heterocycles. The Morgan fingerprint density at radius 1 is 1.11 bits per heavy atom. The van der Waals surface area contributed by atoms with Gasteiger partial charge in [-0.1, -0.05) is 40.5 Å². The summed E-state index contributed by atoms with van der Waals surface area (Å²) >= 11 is 0. The fourth-order valence-electron chi connectivity index (χ4n) is 1.22. The average molecular weight is 244 g/mol. The molecule has 1 heterocycles. The molecular weight excluding hydrogens is 232 g/mol. The van der Waals surface area contributed by atoms with E-state index in [1.807, 2.05) is 37.3 Å². The summed E-state index contributed by atoms with van der Waals surface area (Å²) in [5, 5.41) is 19.0. The van der Waals surface area contributed by atoms with E-state index in [2.05, 4.69) is 30.9 Å². The van der Waals surface area contributed by atoms with E-state index in [-0.39, 0.29) is 12.0 Å². The van der Waals surface area contributed by atoms with Crippen LogP contribution in [0.2, 0.25) is 0 Å². The predicted octanol–water partition coefficient (Wildman–Crippen LogP) is 1.11. The highest BCUT2D eigenvalue weighted by Gasteiger charge is 2.00. The highest BCUT2D eigenvalue weighted by molar-refractivity contribution is 5.98. The lowest BCUT2D eigenvalue weighted by Crippen LogP contribution is -2.05. The van der Waals surface area contributed by atoms with Gasteiger partial charge in [0, 0.05) is 0 Å². The van der Waals surface area contributed by atoms with Gasteiger partial charge in [-0.3, -0.25) is 0 Å². The molecule has 0 radical (unpaired) electrons. The van der Waals surface area contributed by atoms with Crippen molar-refractivity contribution < 1.29 is 4.74 Å². The maximum atomic E-state index is 4.75. The first-order valence-corrected chi connectivity index (χ1v) is 5.26. The van der Waals surface area contributed by atoms with Gasteiger partial charge >= 0.3 is 6.01 Å². The number of benzene rings is 1. The quantitative estimate of drug-likeness (QED) is 0.640. The maximum Gasteiger partial charge on any atom is 0.354 e. The highest BCUT2D eigenvalue weighted by Crippen LogP contribution is 2.02. The number of aromatic nitrogens is 4. The van der Waals surface area contributed by atoms with Gasteiger partial charge in [0.15, 0.2) is 0 Å². The lowest BCUT2D eigenvalue weighted by Gasteiger charge is -2.01. The van der Waals surface area contributed by atoms with Gasteiger partial charge < -0.3 is 4.74 Å². The molecule has 1 aromatic carbocycles. The van der Waals surface area contributed by atoms with Crippen LogP contribution < -0.4 is 10.2 Å². The van der Waals surface area contributed by atoms with Crippen molar-refractivity contribution in [2.75, 3.05) is 12.5 Å². The molecule has 0 saturated heterocycles. The van der Waals surface area contributed by atoms with E-state index in [0.29, 0.717) is 0 Å². The van der Waals surface area contributed by atoms with Crippen molar-refractivity contribution in [2.24, 2.45) is 5.10 Å². The standard InChI is InChI=1S/C11H12N6O/c1-8(9-6-4-3-5-7-9)12-13-10-14-16-11(18-2)17-15-10/h3-7H,1-2H3,(H,13,14,15). The predicted molar refractivity (Wildman–Crippen MR) is 66.4 cm³/mol. The first-order valence-electron chi connectivity index (χ1n) is 5.26. The zero-order valence-electron chi connectivity index (χ0n) is 10.0. The molecule has 0 amide bonds. The molecule has 7 nitrogen and oxygen atoms in total. The Kier molecular flexibility index (Phi) is 3.75. The Morgan fingerprint density at radius 3 is 2.39 bits per heavy atom. The van der Waals surface area contributed by atoms with E-state index < -0.39 is 0 Å². The van der Waals surface area contributed by atoms with E-state index in [0.717, 1.165) is 11.3 Å². The number of nitrogens with zero attached hydrogens (tertiary/aromatic N) is 5. The van der Waals surface area contributed by atoms with Crippen molar-refractivity contribution in [3.63, 3.8) is 0 Å². The number of rotatable bonds is 4. The van der Waals surface area contributed by atoms with Crippen LogP contribution in [0.25, 0.3) is 0 Å². The molecule has 0 aliphatic rings. The van der Waals surface area contributed by atoms with Gasteiger partial charge in [-0.2, -0.15) is 5.10 Å². The summed E-state index contributed by atoms with van der Waals surface area (Å²) in [5.41, 5.74) is 4.51. The topological polar surface area (TPSA) is 85.2 Å². The number of hydrazone groups is 1. The minimum Gasteiger partial charge on any atom is -0.465 e. The van der Waals surface area contributed by atoms with Crippen molar-refractivity contribution >= 4 is 11.7 Å². The molecule has 0 unspecified atom stereocenters. The van der Waals surface area contributed by atoms with Crippen LogP contribution in [0.15, 0.2) is 35.4 Å². The molecule has 92 valence electrons. The van der Waals surface area contributed by atoms with Crippen molar-refractivity contribution in [3.8, 4) is 6.01 Å². The van der Waals surface area contributed by atoms with Crippen molar-refractivity contribution in [2.45, 2.75) is 6.92 Å². The molecule has 0 aliphatic carbocycles. The van der Waals surface area contributed by atoms with E-state index in [9.17, 15) is 0 Å². The summed E-state index contributed by atoms with van der Waals surface area (Å²) in [6, 6.07) is 9.88. The second kappa shape index (κ2) is 5.67. The van der Waals surface area contributed by atoms with Gasteiger partial charge in [-0.25, -0.2) is 5.43 Å². The van der Waals surface area contributed by atoms with Gasteiger partial charge in [0.2, 0.25) is 0 Å². The Balaban J connectivity index is 2.05. The third-order valence-electron chi connectivity index (χ3n) is 2.16. The summed E-state index contributed by atoms with van der Waals surface area (Å²) in [4.78, 5) is 0. The Labute approximate surface area is 104 Å². The highest BCUT2D eigenvalue weighted by atomic mass is 16.5. The zero-order chi connectivity index (χ0) is 12.8. The fourth-order valence-corrected chi connectivity index (χ4v) is 1.22. The summed E-state index contributed by atoms with van der Waals surface area (Å²) < 4.78 is 4.75. The summed E-state index contributed by atoms with van der Waals surface area (Å²) in [6.07, 6.45) is 0. The minimum atomic E-state index is 0.115. The third kappa shape index (κ3) is 2.97. The molecule has 0 saturated carbocycles. The smallest absolute Gasteiger partial charge is 0.354 e. The van der Waals surface area contributed by atoms with Crippen molar-refractivity contribution in [1.29, 1.82) is 0 Å². The second-order valence-electron chi connectivity index (χ2n) is 3.39. The normalized spacial score (nSPS) is 11.1. The third-order valence-corrected chi connectivity index (χ3v) is 2.16. The van der Waals surface area contributed by atoms with Crippen LogP contribution in [0, 0.1) is 0 Å². The van der Waals surface area contributed by atoms with Gasteiger partial charge in [0.05, 0.1) is 12.8 Å². The minimum absolute atomic E-state index is 0.115. The molecular formula is C11H12N6O. The van der Waals surface area contributed by atoms with Crippen LogP contribution in [0.5, 0.6) is 6.01 Å². The Bertz CT molecular complexity index is 525. The Hall–Kier alpha value is -2.57. The SMILES string of the molecule is COc1nnc(NN=C(C)c2ccccc2)nn1. The van der Waals surface area contributed by atoms with Crippen LogP contribution in [-0.4, -0.2) is 33.2 Å². The van der Waals surface area contributed by atoms with E-state index in [1.165, 1.54) is 7.11 Å². The van der Waals surface area contributed by atoms with Crippen molar-refractivity contribution in [1.82, 2.24) is 20.4 Å². The summed E-state index contributed by atoms with van der Waals surface area (Å²) in [7, 11) is 1.45. The van der Waals surface area contributed by atoms with Crippen LogP contribution in [0.1, 0.15) is 12.5 Å². The number of nitrogens with one attached hydrogen (secondary N) is 1. The van der Waals surface area contributed by atoms with Crippen LogP contribution in [0.4, 0.5) is 5.95 Å². The first-order chi connectivity index (χ1) is 8.79. The molecule has 7 heteroatoms. The fraction of sp³-hybridized carbons (Fsp3) is 0.182. The van der Waals surface area contributed by atoms with Crippen molar-refractivity contribution in [3.05, 3.63) is 35.9 Å². The van der Waals surface area contributed by atoms with Gasteiger partial charge in [0.25, 0.3) is 5.95 Å². The molecule has 0 fully saturated rings.